The van der Waals surface area contributed by atoms with Crippen molar-refractivity contribution in [3.8, 4) is 11.3 Å². The molecule has 0 radical (unpaired) electrons. The molecule has 130 valence electrons. The van der Waals surface area contributed by atoms with E-state index in [4.69, 9.17) is 0 Å². The molecule has 0 aliphatic rings. The van der Waals surface area contributed by atoms with E-state index >= 15 is 0 Å². The molecule has 26 heavy (non-hydrogen) atoms. The normalized spacial score (nSPS) is 12.3. The first-order chi connectivity index (χ1) is 12.6. The number of nitrogens with zero attached hydrogens (tertiary/aromatic N) is 3. The van der Waals surface area contributed by atoms with Crippen molar-refractivity contribution >= 4 is 43.3 Å². The monoisotopic (exact) mass is 424 g/mol. The number of nitrogens with one attached hydrogen (secondary N) is 1. The standard InChI is InChI=1S/C20H17BrN4S/c1-12(14-4-3-5-16(21)8-14)23-20-10-18(24-13(2)25-20)15-6-7-17-19(9-15)26-11-22-17/h3-12H,1-2H3,(H,23,24,25). The molecule has 4 aromatic rings. The van der Waals surface area contributed by atoms with Gasteiger partial charge in [0.1, 0.15) is 11.6 Å². The molecule has 0 aliphatic heterocycles. The highest BCUT2D eigenvalue weighted by Gasteiger charge is 2.10. The van der Waals surface area contributed by atoms with Crippen molar-refractivity contribution in [1.82, 2.24) is 15.0 Å². The average Bonchev–Trinajstić information content (AvgIpc) is 3.09. The maximum atomic E-state index is 4.62. The molecular formula is C20H17BrN4S. The number of thiazole rings is 1. The molecule has 0 saturated carbocycles. The Kier molecular flexibility index (Phi) is 4.70. The highest BCUT2D eigenvalue weighted by Crippen LogP contribution is 2.27. The number of hydrogen-bond donors (Lipinski definition) is 1. The van der Waals surface area contributed by atoms with Crippen LogP contribution in [0.1, 0.15) is 24.4 Å². The predicted octanol–water partition coefficient (Wildman–Crippen LogP) is 6.00. The molecule has 1 unspecified atom stereocenters. The minimum Gasteiger partial charge on any atom is -0.363 e. The number of fused-ring (bicyclic) bond motifs is 1. The van der Waals surface area contributed by atoms with Crippen LogP contribution in [-0.2, 0) is 0 Å². The lowest BCUT2D eigenvalue weighted by Gasteiger charge is -2.16. The van der Waals surface area contributed by atoms with Gasteiger partial charge < -0.3 is 5.32 Å². The molecule has 0 bridgehead atoms. The molecule has 1 N–H and O–H groups in total. The number of halogens is 1. The van der Waals surface area contributed by atoms with Gasteiger partial charge in [-0.1, -0.05) is 34.1 Å². The van der Waals surface area contributed by atoms with Crippen LogP contribution in [0.4, 0.5) is 5.82 Å². The summed E-state index contributed by atoms with van der Waals surface area (Å²) in [6.45, 7) is 4.05. The van der Waals surface area contributed by atoms with E-state index in [1.54, 1.807) is 11.3 Å². The van der Waals surface area contributed by atoms with E-state index in [1.165, 1.54) is 5.56 Å². The summed E-state index contributed by atoms with van der Waals surface area (Å²) < 4.78 is 2.23. The highest BCUT2D eigenvalue weighted by molar-refractivity contribution is 9.10. The molecule has 2 aromatic carbocycles. The van der Waals surface area contributed by atoms with Gasteiger partial charge in [0.05, 0.1) is 21.4 Å². The Hall–Kier alpha value is -2.31. The van der Waals surface area contributed by atoms with Crippen molar-refractivity contribution in [2.45, 2.75) is 19.9 Å². The van der Waals surface area contributed by atoms with Gasteiger partial charge in [-0.3, -0.25) is 0 Å². The summed E-state index contributed by atoms with van der Waals surface area (Å²) in [6.07, 6.45) is 0. The van der Waals surface area contributed by atoms with Gasteiger partial charge in [0.25, 0.3) is 0 Å². The highest BCUT2D eigenvalue weighted by atomic mass is 79.9. The van der Waals surface area contributed by atoms with Crippen LogP contribution in [-0.4, -0.2) is 15.0 Å². The Morgan fingerprint density at radius 2 is 1.96 bits per heavy atom. The van der Waals surface area contributed by atoms with Gasteiger partial charge in [0.2, 0.25) is 0 Å². The minimum absolute atomic E-state index is 0.138. The van der Waals surface area contributed by atoms with Crippen LogP contribution in [0, 0.1) is 6.92 Å². The van der Waals surface area contributed by atoms with Gasteiger partial charge in [-0.05, 0) is 43.7 Å². The Bertz CT molecular complexity index is 1080. The molecule has 2 aromatic heterocycles. The number of aryl methyl sites for hydroxylation is 1. The summed E-state index contributed by atoms with van der Waals surface area (Å²) in [5, 5.41) is 3.49. The van der Waals surface area contributed by atoms with E-state index in [0.29, 0.717) is 0 Å². The van der Waals surface area contributed by atoms with E-state index in [0.717, 1.165) is 37.6 Å². The van der Waals surface area contributed by atoms with Crippen molar-refractivity contribution in [3.63, 3.8) is 0 Å². The number of rotatable bonds is 4. The third kappa shape index (κ3) is 3.61. The fourth-order valence-corrected chi connectivity index (χ4v) is 4.02. The summed E-state index contributed by atoms with van der Waals surface area (Å²) in [4.78, 5) is 13.5. The van der Waals surface area contributed by atoms with E-state index in [2.05, 4.69) is 67.4 Å². The van der Waals surface area contributed by atoms with E-state index in [1.807, 2.05) is 36.7 Å². The van der Waals surface area contributed by atoms with Gasteiger partial charge in [-0.25, -0.2) is 15.0 Å². The molecular weight excluding hydrogens is 408 g/mol. The molecule has 2 heterocycles. The predicted molar refractivity (Wildman–Crippen MR) is 112 cm³/mol. The fraction of sp³-hybridized carbons (Fsp3) is 0.150. The van der Waals surface area contributed by atoms with Crippen molar-refractivity contribution in [2.75, 3.05) is 5.32 Å². The smallest absolute Gasteiger partial charge is 0.130 e. The zero-order chi connectivity index (χ0) is 18.1. The summed E-state index contributed by atoms with van der Waals surface area (Å²) >= 11 is 5.17. The molecule has 0 saturated heterocycles. The molecule has 6 heteroatoms. The number of anilines is 1. The molecule has 0 fully saturated rings. The molecule has 1 atom stereocenters. The second kappa shape index (κ2) is 7.13. The Labute approximate surface area is 164 Å². The van der Waals surface area contributed by atoms with Gasteiger partial charge in [0, 0.05) is 22.1 Å². The minimum atomic E-state index is 0.138. The summed E-state index contributed by atoms with van der Waals surface area (Å²) in [6, 6.07) is 16.7. The van der Waals surface area contributed by atoms with Gasteiger partial charge in [-0.15, -0.1) is 11.3 Å². The van der Waals surface area contributed by atoms with Crippen molar-refractivity contribution < 1.29 is 0 Å². The summed E-state index contributed by atoms with van der Waals surface area (Å²) in [5.74, 6) is 1.57. The van der Waals surface area contributed by atoms with Crippen LogP contribution >= 0.6 is 27.3 Å². The van der Waals surface area contributed by atoms with Crippen LogP contribution in [0.15, 0.2) is 58.5 Å². The van der Waals surface area contributed by atoms with E-state index in [-0.39, 0.29) is 6.04 Å². The number of aromatic nitrogens is 3. The maximum absolute atomic E-state index is 4.62. The van der Waals surface area contributed by atoms with Gasteiger partial charge >= 0.3 is 0 Å². The lowest BCUT2D eigenvalue weighted by Crippen LogP contribution is -2.09. The Balaban J connectivity index is 1.65. The first-order valence-electron chi connectivity index (χ1n) is 8.30. The first-order valence-corrected chi connectivity index (χ1v) is 9.97. The van der Waals surface area contributed by atoms with Crippen LogP contribution in [0.3, 0.4) is 0 Å². The quantitative estimate of drug-likeness (QED) is 0.436. The van der Waals surface area contributed by atoms with Crippen LogP contribution in [0.5, 0.6) is 0 Å². The van der Waals surface area contributed by atoms with Crippen molar-refractivity contribution in [3.05, 3.63) is 69.9 Å². The third-order valence-corrected chi connectivity index (χ3v) is 5.46. The zero-order valence-electron chi connectivity index (χ0n) is 14.4. The maximum Gasteiger partial charge on any atom is 0.130 e. The zero-order valence-corrected chi connectivity index (χ0v) is 16.8. The Morgan fingerprint density at radius 3 is 2.81 bits per heavy atom. The largest absolute Gasteiger partial charge is 0.363 e. The second-order valence-corrected chi connectivity index (χ2v) is 7.94. The van der Waals surface area contributed by atoms with Crippen LogP contribution in [0.2, 0.25) is 0 Å². The SMILES string of the molecule is Cc1nc(NC(C)c2cccc(Br)c2)cc(-c2ccc3ncsc3c2)n1. The molecule has 4 rings (SSSR count). The van der Waals surface area contributed by atoms with E-state index < -0.39 is 0 Å². The second-order valence-electron chi connectivity index (χ2n) is 6.14. The third-order valence-electron chi connectivity index (χ3n) is 4.18. The van der Waals surface area contributed by atoms with Gasteiger partial charge in [-0.2, -0.15) is 0 Å². The van der Waals surface area contributed by atoms with Crippen LogP contribution in [0.25, 0.3) is 21.5 Å². The molecule has 4 nitrogen and oxygen atoms in total. The van der Waals surface area contributed by atoms with Crippen molar-refractivity contribution in [1.29, 1.82) is 0 Å². The lowest BCUT2D eigenvalue weighted by atomic mass is 10.1. The lowest BCUT2D eigenvalue weighted by molar-refractivity contribution is 0.867. The fourth-order valence-electron chi connectivity index (χ4n) is 2.89. The molecule has 0 spiro atoms. The molecule has 0 amide bonds. The van der Waals surface area contributed by atoms with E-state index in [9.17, 15) is 0 Å². The number of hydrogen-bond acceptors (Lipinski definition) is 5. The van der Waals surface area contributed by atoms with Crippen LogP contribution < -0.4 is 5.32 Å². The topological polar surface area (TPSA) is 50.7 Å². The summed E-state index contributed by atoms with van der Waals surface area (Å²) in [5.41, 5.74) is 6.07. The average molecular weight is 425 g/mol. The first kappa shape index (κ1) is 17.1. The summed E-state index contributed by atoms with van der Waals surface area (Å²) in [7, 11) is 0. The Morgan fingerprint density at radius 1 is 1.08 bits per heavy atom. The van der Waals surface area contributed by atoms with Crippen molar-refractivity contribution in [2.24, 2.45) is 0 Å². The molecule has 0 aliphatic carbocycles. The van der Waals surface area contributed by atoms with Gasteiger partial charge in [0.15, 0.2) is 0 Å². The number of benzene rings is 2.